The average molecular weight is 173 g/mol. The lowest BCUT2D eigenvalue weighted by Crippen LogP contribution is -2.33. The van der Waals surface area contributed by atoms with E-state index in [1.165, 1.54) is 4.90 Å². The van der Waals surface area contributed by atoms with Gasteiger partial charge in [0.25, 0.3) is 0 Å². The molecule has 1 fully saturated rings. The SMILES string of the molecule is CC1COC(=O)N1CCC(=O)O. The highest BCUT2D eigenvalue weighted by Gasteiger charge is 2.29. The maximum atomic E-state index is 10.9. The largest absolute Gasteiger partial charge is 0.481 e. The Morgan fingerprint density at radius 2 is 2.50 bits per heavy atom. The number of amides is 1. The van der Waals surface area contributed by atoms with Gasteiger partial charge in [-0.1, -0.05) is 0 Å². The number of carbonyl (C=O) groups is 2. The molecule has 1 unspecified atom stereocenters. The van der Waals surface area contributed by atoms with E-state index in [0.717, 1.165) is 0 Å². The van der Waals surface area contributed by atoms with Crippen molar-refractivity contribution in [2.75, 3.05) is 13.2 Å². The van der Waals surface area contributed by atoms with E-state index in [4.69, 9.17) is 9.84 Å². The zero-order valence-electron chi connectivity index (χ0n) is 6.82. The molecular formula is C7H11NO4. The second-order valence-electron chi connectivity index (χ2n) is 2.76. The summed E-state index contributed by atoms with van der Waals surface area (Å²) < 4.78 is 4.70. The molecule has 1 atom stereocenters. The summed E-state index contributed by atoms with van der Waals surface area (Å²) in [6.07, 6.45) is -0.442. The van der Waals surface area contributed by atoms with Gasteiger partial charge in [0.05, 0.1) is 12.5 Å². The second-order valence-corrected chi connectivity index (χ2v) is 2.76. The number of carboxylic acid groups (broad SMARTS) is 1. The molecule has 1 rings (SSSR count). The van der Waals surface area contributed by atoms with Crippen LogP contribution in [0.3, 0.4) is 0 Å². The first kappa shape index (κ1) is 8.83. The third-order valence-electron chi connectivity index (χ3n) is 1.78. The lowest BCUT2D eigenvalue weighted by atomic mass is 10.3. The van der Waals surface area contributed by atoms with Gasteiger partial charge in [-0.3, -0.25) is 4.79 Å². The van der Waals surface area contributed by atoms with Crippen LogP contribution in [-0.4, -0.2) is 41.3 Å². The van der Waals surface area contributed by atoms with Crippen LogP contribution in [0.15, 0.2) is 0 Å². The van der Waals surface area contributed by atoms with Gasteiger partial charge in [0.2, 0.25) is 0 Å². The van der Waals surface area contributed by atoms with E-state index in [9.17, 15) is 9.59 Å². The molecule has 68 valence electrons. The molecule has 0 aromatic heterocycles. The molecule has 0 aromatic rings. The molecule has 1 aliphatic rings. The summed E-state index contributed by atoms with van der Waals surface area (Å²) in [6.45, 7) is 2.42. The van der Waals surface area contributed by atoms with Crippen molar-refractivity contribution < 1.29 is 19.4 Å². The summed E-state index contributed by atoms with van der Waals surface area (Å²) in [5, 5.41) is 8.37. The van der Waals surface area contributed by atoms with Crippen LogP contribution >= 0.6 is 0 Å². The van der Waals surface area contributed by atoms with E-state index >= 15 is 0 Å². The van der Waals surface area contributed by atoms with Gasteiger partial charge >= 0.3 is 12.1 Å². The average Bonchev–Trinajstić information content (AvgIpc) is 2.28. The molecule has 12 heavy (non-hydrogen) atoms. The molecule has 1 aliphatic heterocycles. The molecule has 0 radical (unpaired) electrons. The van der Waals surface area contributed by atoms with Crippen molar-refractivity contribution in [3.8, 4) is 0 Å². The fourth-order valence-corrected chi connectivity index (χ4v) is 1.07. The highest BCUT2D eigenvalue weighted by Crippen LogP contribution is 2.11. The maximum Gasteiger partial charge on any atom is 0.410 e. The summed E-state index contributed by atoms with van der Waals surface area (Å²) in [5.41, 5.74) is 0. The summed E-state index contributed by atoms with van der Waals surface area (Å²) in [4.78, 5) is 22.5. The van der Waals surface area contributed by atoms with Crippen LogP contribution < -0.4 is 0 Å². The van der Waals surface area contributed by atoms with Gasteiger partial charge in [0.15, 0.2) is 0 Å². The molecule has 0 aromatic carbocycles. The van der Waals surface area contributed by atoms with Gasteiger partial charge in [-0.2, -0.15) is 0 Å². The minimum atomic E-state index is -0.901. The van der Waals surface area contributed by atoms with Crippen LogP contribution in [0.5, 0.6) is 0 Å². The van der Waals surface area contributed by atoms with Crippen molar-refractivity contribution in [1.29, 1.82) is 0 Å². The Hall–Kier alpha value is -1.26. The Kier molecular flexibility index (Phi) is 2.52. The van der Waals surface area contributed by atoms with Crippen molar-refractivity contribution in [3.63, 3.8) is 0 Å². The molecule has 0 saturated carbocycles. The zero-order valence-corrected chi connectivity index (χ0v) is 6.82. The number of carbonyl (C=O) groups excluding carboxylic acids is 1. The molecule has 1 amide bonds. The highest BCUT2D eigenvalue weighted by molar-refractivity contribution is 5.72. The Bertz CT molecular complexity index is 204. The predicted molar refractivity (Wildman–Crippen MR) is 39.8 cm³/mol. The Morgan fingerprint density at radius 1 is 1.83 bits per heavy atom. The van der Waals surface area contributed by atoms with E-state index in [0.29, 0.717) is 6.61 Å². The van der Waals surface area contributed by atoms with E-state index in [1.807, 2.05) is 6.92 Å². The first-order chi connectivity index (χ1) is 5.61. The van der Waals surface area contributed by atoms with Crippen molar-refractivity contribution in [2.24, 2.45) is 0 Å². The summed E-state index contributed by atoms with van der Waals surface area (Å²) in [7, 11) is 0. The number of hydrogen-bond donors (Lipinski definition) is 1. The van der Waals surface area contributed by atoms with Crippen LogP contribution in [0.4, 0.5) is 4.79 Å². The Morgan fingerprint density at radius 3 is 2.92 bits per heavy atom. The lowest BCUT2D eigenvalue weighted by molar-refractivity contribution is -0.137. The third kappa shape index (κ3) is 1.87. The van der Waals surface area contributed by atoms with Gasteiger partial charge in [0.1, 0.15) is 6.61 Å². The fourth-order valence-electron chi connectivity index (χ4n) is 1.07. The van der Waals surface area contributed by atoms with Gasteiger partial charge in [0, 0.05) is 6.54 Å². The maximum absolute atomic E-state index is 10.9. The van der Waals surface area contributed by atoms with Gasteiger partial charge in [-0.25, -0.2) is 4.79 Å². The van der Waals surface area contributed by atoms with E-state index in [2.05, 4.69) is 0 Å². The monoisotopic (exact) mass is 173 g/mol. The smallest absolute Gasteiger partial charge is 0.410 e. The number of hydrogen-bond acceptors (Lipinski definition) is 3. The number of ether oxygens (including phenoxy) is 1. The molecule has 0 spiro atoms. The number of cyclic esters (lactones) is 1. The molecule has 5 heteroatoms. The van der Waals surface area contributed by atoms with Crippen LogP contribution in [-0.2, 0) is 9.53 Å². The van der Waals surface area contributed by atoms with Crippen molar-refractivity contribution in [3.05, 3.63) is 0 Å². The Balaban J connectivity index is 2.39. The quantitative estimate of drug-likeness (QED) is 0.666. The lowest BCUT2D eigenvalue weighted by Gasteiger charge is -2.15. The number of carboxylic acids is 1. The van der Waals surface area contributed by atoms with Crippen LogP contribution in [0.25, 0.3) is 0 Å². The first-order valence-corrected chi connectivity index (χ1v) is 3.76. The summed E-state index contributed by atoms with van der Waals surface area (Å²) in [6, 6.07) is -0.00292. The fraction of sp³-hybridized carbons (Fsp3) is 0.714. The highest BCUT2D eigenvalue weighted by atomic mass is 16.6. The van der Waals surface area contributed by atoms with E-state index < -0.39 is 12.1 Å². The van der Waals surface area contributed by atoms with Gasteiger partial charge in [-0.05, 0) is 6.92 Å². The molecule has 0 aliphatic carbocycles. The molecule has 0 bridgehead atoms. The number of aliphatic carboxylic acids is 1. The van der Waals surface area contributed by atoms with Crippen LogP contribution in [0.1, 0.15) is 13.3 Å². The normalized spacial score (nSPS) is 22.6. The second kappa shape index (κ2) is 3.42. The summed E-state index contributed by atoms with van der Waals surface area (Å²) >= 11 is 0. The third-order valence-corrected chi connectivity index (χ3v) is 1.78. The molecule has 1 saturated heterocycles. The topological polar surface area (TPSA) is 66.8 Å². The predicted octanol–water partition coefficient (Wildman–Crippen LogP) is 0.302. The van der Waals surface area contributed by atoms with Gasteiger partial charge < -0.3 is 14.7 Å². The Labute approximate surface area is 69.9 Å². The number of nitrogens with zero attached hydrogens (tertiary/aromatic N) is 1. The molecular weight excluding hydrogens is 162 g/mol. The van der Waals surface area contributed by atoms with E-state index in [-0.39, 0.29) is 19.0 Å². The van der Waals surface area contributed by atoms with Crippen molar-refractivity contribution in [1.82, 2.24) is 4.90 Å². The zero-order chi connectivity index (χ0) is 9.14. The first-order valence-electron chi connectivity index (χ1n) is 3.76. The van der Waals surface area contributed by atoms with Crippen LogP contribution in [0, 0.1) is 0 Å². The van der Waals surface area contributed by atoms with Gasteiger partial charge in [-0.15, -0.1) is 0 Å². The van der Waals surface area contributed by atoms with E-state index in [1.54, 1.807) is 0 Å². The number of rotatable bonds is 3. The molecule has 1 heterocycles. The minimum Gasteiger partial charge on any atom is -0.481 e. The van der Waals surface area contributed by atoms with Crippen molar-refractivity contribution in [2.45, 2.75) is 19.4 Å². The molecule has 5 nitrogen and oxygen atoms in total. The summed E-state index contributed by atoms with van der Waals surface area (Å²) in [5.74, 6) is -0.901. The standard InChI is InChI=1S/C7H11NO4/c1-5-4-12-7(11)8(5)3-2-6(9)10/h5H,2-4H2,1H3,(H,9,10). The molecule has 1 N–H and O–H groups in total. The minimum absolute atomic E-state index is 0.00292. The van der Waals surface area contributed by atoms with Crippen LogP contribution in [0.2, 0.25) is 0 Å². The van der Waals surface area contributed by atoms with Crippen molar-refractivity contribution >= 4 is 12.1 Å².